The standard InChI is InChI=1S/C18H15ClFN3O3/c1-18(11-6-8-12(26-2)9-7-11)16(24)23(17(25)22-18)21-10-13-14(19)4-3-5-15(13)20/h3-10H,1-2H3,(H,22,25)/b21-10+. The van der Waals surface area contributed by atoms with E-state index in [1.54, 1.807) is 31.2 Å². The number of urea groups is 1. The fraction of sp³-hybridized carbons (Fsp3) is 0.167. The molecular weight excluding hydrogens is 361 g/mol. The number of nitrogens with zero attached hydrogens (tertiary/aromatic N) is 2. The first-order chi connectivity index (χ1) is 12.4. The highest BCUT2D eigenvalue weighted by Gasteiger charge is 2.49. The Bertz CT molecular complexity index is 881. The molecule has 1 N–H and O–H groups in total. The van der Waals surface area contributed by atoms with Crippen molar-refractivity contribution in [1.82, 2.24) is 10.3 Å². The van der Waals surface area contributed by atoms with Crippen LogP contribution in [0.25, 0.3) is 0 Å². The summed E-state index contributed by atoms with van der Waals surface area (Å²) in [5, 5.41) is 7.22. The number of benzene rings is 2. The predicted molar refractivity (Wildman–Crippen MR) is 94.7 cm³/mol. The van der Waals surface area contributed by atoms with Gasteiger partial charge in [0.25, 0.3) is 5.91 Å². The number of amides is 3. The van der Waals surface area contributed by atoms with Crippen molar-refractivity contribution < 1.29 is 18.7 Å². The second kappa shape index (κ2) is 6.76. The van der Waals surface area contributed by atoms with E-state index in [0.29, 0.717) is 16.3 Å². The second-order valence-electron chi connectivity index (χ2n) is 5.78. The maximum atomic E-state index is 13.8. The molecule has 3 rings (SSSR count). The van der Waals surface area contributed by atoms with Crippen LogP contribution in [0.5, 0.6) is 5.75 Å². The molecule has 1 fully saturated rings. The average Bonchev–Trinajstić information content (AvgIpc) is 2.85. The maximum absolute atomic E-state index is 13.8. The molecule has 1 aliphatic rings. The predicted octanol–water partition coefficient (Wildman–Crippen LogP) is 3.29. The van der Waals surface area contributed by atoms with E-state index < -0.39 is 23.3 Å². The Labute approximate surface area is 154 Å². The van der Waals surface area contributed by atoms with Gasteiger partial charge in [-0.1, -0.05) is 29.8 Å². The number of methoxy groups -OCH3 is 1. The summed E-state index contributed by atoms with van der Waals surface area (Å²) in [5.41, 5.74) is -0.731. The first kappa shape index (κ1) is 17.9. The lowest BCUT2D eigenvalue weighted by molar-refractivity contribution is -0.131. The first-order valence-electron chi connectivity index (χ1n) is 7.66. The van der Waals surface area contributed by atoms with Crippen LogP contribution in [0.15, 0.2) is 47.6 Å². The Morgan fingerprint density at radius 2 is 1.92 bits per heavy atom. The van der Waals surface area contributed by atoms with Gasteiger partial charge in [-0.15, -0.1) is 5.01 Å². The van der Waals surface area contributed by atoms with Gasteiger partial charge in [-0.25, -0.2) is 9.18 Å². The van der Waals surface area contributed by atoms with E-state index >= 15 is 0 Å². The van der Waals surface area contributed by atoms with Crippen LogP contribution < -0.4 is 10.1 Å². The molecule has 0 saturated carbocycles. The lowest BCUT2D eigenvalue weighted by Gasteiger charge is -2.21. The molecule has 2 aromatic carbocycles. The van der Waals surface area contributed by atoms with E-state index in [1.807, 2.05) is 0 Å². The smallest absolute Gasteiger partial charge is 0.346 e. The molecule has 0 radical (unpaired) electrons. The van der Waals surface area contributed by atoms with Crippen molar-refractivity contribution >= 4 is 29.8 Å². The van der Waals surface area contributed by atoms with Gasteiger partial charge in [0.2, 0.25) is 0 Å². The Hall–Kier alpha value is -2.93. The zero-order chi connectivity index (χ0) is 18.9. The van der Waals surface area contributed by atoms with Crippen LogP contribution in [0.2, 0.25) is 5.02 Å². The summed E-state index contributed by atoms with van der Waals surface area (Å²) in [5.74, 6) is -0.569. The minimum Gasteiger partial charge on any atom is -0.497 e. The minimum atomic E-state index is -1.29. The van der Waals surface area contributed by atoms with Crippen molar-refractivity contribution in [2.75, 3.05) is 7.11 Å². The van der Waals surface area contributed by atoms with E-state index in [0.717, 1.165) is 6.21 Å². The second-order valence-corrected chi connectivity index (χ2v) is 6.19. The fourth-order valence-corrected chi connectivity index (χ4v) is 2.81. The number of carbonyl (C=O) groups is 2. The van der Waals surface area contributed by atoms with Crippen LogP contribution in [0.3, 0.4) is 0 Å². The average molecular weight is 376 g/mol. The normalized spacial score (nSPS) is 19.9. The van der Waals surface area contributed by atoms with Crippen LogP contribution in [-0.4, -0.2) is 30.3 Å². The quantitative estimate of drug-likeness (QED) is 0.658. The Morgan fingerprint density at radius 1 is 1.23 bits per heavy atom. The van der Waals surface area contributed by atoms with Crippen LogP contribution in [0, 0.1) is 5.82 Å². The van der Waals surface area contributed by atoms with Gasteiger partial charge in [0.1, 0.15) is 17.1 Å². The van der Waals surface area contributed by atoms with Crippen LogP contribution in [-0.2, 0) is 10.3 Å². The number of nitrogens with one attached hydrogen (secondary N) is 1. The molecule has 6 nitrogen and oxygen atoms in total. The minimum absolute atomic E-state index is 0.00665. The van der Waals surface area contributed by atoms with Gasteiger partial charge < -0.3 is 10.1 Å². The summed E-state index contributed by atoms with van der Waals surface area (Å²) >= 11 is 5.92. The van der Waals surface area contributed by atoms with Crippen molar-refractivity contribution in [3.63, 3.8) is 0 Å². The molecule has 3 amide bonds. The van der Waals surface area contributed by atoms with Crippen LogP contribution >= 0.6 is 11.6 Å². The zero-order valence-electron chi connectivity index (χ0n) is 14.0. The summed E-state index contributed by atoms with van der Waals surface area (Å²) < 4.78 is 18.9. The van der Waals surface area contributed by atoms with Gasteiger partial charge in [0.05, 0.1) is 18.3 Å². The summed E-state index contributed by atoms with van der Waals surface area (Å²) in [7, 11) is 1.53. The fourth-order valence-electron chi connectivity index (χ4n) is 2.60. The van der Waals surface area contributed by atoms with Crippen LogP contribution in [0.1, 0.15) is 18.1 Å². The summed E-state index contributed by atoms with van der Waals surface area (Å²) in [6.07, 6.45) is 1.05. The molecule has 1 unspecified atom stereocenters. The lowest BCUT2D eigenvalue weighted by atomic mass is 9.92. The molecule has 1 heterocycles. The molecular formula is C18H15ClFN3O3. The molecule has 0 aromatic heterocycles. The molecule has 1 aliphatic heterocycles. The van der Waals surface area contributed by atoms with E-state index in [-0.39, 0.29) is 10.6 Å². The van der Waals surface area contributed by atoms with Crippen molar-refractivity contribution in [3.05, 3.63) is 64.4 Å². The molecule has 1 saturated heterocycles. The number of ether oxygens (including phenoxy) is 1. The van der Waals surface area contributed by atoms with Crippen LogP contribution in [0.4, 0.5) is 9.18 Å². The Morgan fingerprint density at radius 3 is 2.54 bits per heavy atom. The molecule has 1 atom stereocenters. The molecule has 8 heteroatoms. The van der Waals surface area contributed by atoms with Crippen molar-refractivity contribution in [2.45, 2.75) is 12.5 Å². The first-order valence-corrected chi connectivity index (χ1v) is 8.04. The summed E-state index contributed by atoms with van der Waals surface area (Å²) in [6.45, 7) is 1.57. The van der Waals surface area contributed by atoms with E-state index in [4.69, 9.17) is 16.3 Å². The third-order valence-corrected chi connectivity index (χ3v) is 4.47. The van der Waals surface area contributed by atoms with Gasteiger partial charge in [0.15, 0.2) is 0 Å². The molecule has 0 bridgehead atoms. The molecule has 0 aliphatic carbocycles. The largest absolute Gasteiger partial charge is 0.497 e. The SMILES string of the molecule is COc1ccc(C2(C)NC(=O)N(/N=C/c3c(F)cccc3Cl)C2=O)cc1. The van der Waals surface area contributed by atoms with E-state index in [9.17, 15) is 14.0 Å². The number of imide groups is 1. The molecule has 26 heavy (non-hydrogen) atoms. The molecule has 0 spiro atoms. The number of halogens is 2. The van der Waals surface area contributed by atoms with Gasteiger partial charge in [-0.2, -0.15) is 5.10 Å². The van der Waals surface area contributed by atoms with Gasteiger partial charge >= 0.3 is 6.03 Å². The van der Waals surface area contributed by atoms with Crippen molar-refractivity contribution in [2.24, 2.45) is 5.10 Å². The third kappa shape index (κ3) is 3.01. The van der Waals surface area contributed by atoms with Crippen molar-refractivity contribution in [1.29, 1.82) is 0 Å². The Balaban J connectivity index is 1.90. The maximum Gasteiger partial charge on any atom is 0.346 e. The van der Waals surface area contributed by atoms with E-state index in [2.05, 4.69) is 10.4 Å². The highest BCUT2D eigenvalue weighted by atomic mass is 35.5. The van der Waals surface area contributed by atoms with Gasteiger partial charge in [-0.3, -0.25) is 4.79 Å². The lowest BCUT2D eigenvalue weighted by Crippen LogP contribution is -2.40. The topological polar surface area (TPSA) is 71.0 Å². The highest BCUT2D eigenvalue weighted by Crippen LogP contribution is 2.30. The number of hydrogen-bond acceptors (Lipinski definition) is 4. The van der Waals surface area contributed by atoms with E-state index in [1.165, 1.54) is 25.3 Å². The summed E-state index contributed by atoms with van der Waals surface area (Å²) in [6, 6.07) is 10.2. The summed E-state index contributed by atoms with van der Waals surface area (Å²) in [4.78, 5) is 25.0. The zero-order valence-corrected chi connectivity index (χ0v) is 14.7. The number of rotatable bonds is 4. The molecule has 2 aromatic rings. The third-order valence-electron chi connectivity index (χ3n) is 4.14. The number of carbonyl (C=O) groups excluding carboxylic acids is 2. The van der Waals surface area contributed by atoms with Gasteiger partial charge in [0, 0.05) is 5.56 Å². The molecule has 134 valence electrons. The van der Waals surface area contributed by atoms with Gasteiger partial charge in [-0.05, 0) is 36.8 Å². The highest BCUT2D eigenvalue weighted by molar-refractivity contribution is 6.33. The van der Waals surface area contributed by atoms with Crippen molar-refractivity contribution in [3.8, 4) is 5.75 Å². The Kier molecular flexibility index (Phi) is 4.65. The monoisotopic (exact) mass is 375 g/mol. The number of hydrogen-bond donors (Lipinski definition) is 1. The number of hydrazone groups is 1.